The average molecular weight is 242 g/mol. The second kappa shape index (κ2) is 5.72. The quantitative estimate of drug-likeness (QED) is 0.624. The fourth-order valence-electron chi connectivity index (χ4n) is 1.20. The smallest absolute Gasteiger partial charge is 0.285 e. The Hall–Kier alpha value is -1.27. The lowest BCUT2D eigenvalue weighted by Gasteiger charge is -2.09. The van der Waals surface area contributed by atoms with Gasteiger partial charge in [-0.3, -0.25) is 14.3 Å². The Morgan fingerprint density at radius 1 is 1.50 bits per heavy atom. The Kier molecular flexibility index (Phi) is 4.57. The van der Waals surface area contributed by atoms with Crippen LogP contribution in [0.3, 0.4) is 0 Å². The third-order valence-electron chi connectivity index (χ3n) is 2.20. The molecule has 0 fully saturated rings. The van der Waals surface area contributed by atoms with Crippen LogP contribution in [0.4, 0.5) is 5.69 Å². The van der Waals surface area contributed by atoms with Crippen molar-refractivity contribution in [1.29, 1.82) is 0 Å². The molecule has 0 saturated heterocycles. The number of hydrogen-bond acceptors (Lipinski definition) is 4. The van der Waals surface area contributed by atoms with Crippen LogP contribution >= 0.6 is 0 Å². The zero-order valence-corrected chi connectivity index (χ0v) is 9.99. The van der Waals surface area contributed by atoms with Crippen LogP contribution in [0.5, 0.6) is 0 Å². The van der Waals surface area contributed by atoms with Crippen molar-refractivity contribution in [1.82, 2.24) is 5.32 Å². The zero-order valence-electron chi connectivity index (χ0n) is 9.17. The molecular formula is C10H14N2O3S. The van der Waals surface area contributed by atoms with Crippen LogP contribution < -0.4 is 5.32 Å². The summed E-state index contributed by atoms with van der Waals surface area (Å²) in [5.74, 6) is 0.362. The lowest BCUT2D eigenvalue weighted by molar-refractivity contribution is -0.387. The summed E-state index contributed by atoms with van der Waals surface area (Å²) in [6.45, 7) is 1.88. The van der Waals surface area contributed by atoms with E-state index < -0.39 is 15.7 Å². The maximum absolute atomic E-state index is 11.9. The van der Waals surface area contributed by atoms with E-state index in [1.54, 1.807) is 19.2 Å². The van der Waals surface area contributed by atoms with Crippen LogP contribution in [-0.4, -0.2) is 28.0 Å². The summed E-state index contributed by atoms with van der Waals surface area (Å²) in [5.41, 5.74) is -0.0795. The molecule has 1 aromatic rings. The molecule has 16 heavy (non-hydrogen) atoms. The van der Waals surface area contributed by atoms with Crippen LogP contribution in [0.1, 0.15) is 6.92 Å². The highest BCUT2D eigenvalue weighted by Gasteiger charge is 2.18. The molecule has 0 aromatic heterocycles. The minimum absolute atomic E-state index is 0.0562. The summed E-state index contributed by atoms with van der Waals surface area (Å²) in [7, 11) is 0.415. The van der Waals surface area contributed by atoms with Gasteiger partial charge in [0.15, 0.2) is 0 Å². The SMILES string of the molecule is CNC(C)CS(=O)c1ccccc1[N+](=O)[O-]. The Balaban J connectivity index is 2.95. The molecule has 0 aliphatic heterocycles. The molecule has 5 nitrogen and oxygen atoms in total. The predicted octanol–water partition coefficient (Wildman–Crippen LogP) is 1.31. The van der Waals surface area contributed by atoms with Gasteiger partial charge in [0.25, 0.3) is 5.69 Å². The number of nitrogens with one attached hydrogen (secondary N) is 1. The maximum atomic E-state index is 11.9. The molecule has 2 atom stereocenters. The minimum atomic E-state index is -1.35. The molecule has 0 heterocycles. The number of hydrogen-bond donors (Lipinski definition) is 1. The lowest BCUT2D eigenvalue weighted by Crippen LogP contribution is -2.27. The second-order valence-electron chi connectivity index (χ2n) is 3.43. The average Bonchev–Trinajstić information content (AvgIpc) is 2.28. The van der Waals surface area contributed by atoms with Gasteiger partial charge in [0.1, 0.15) is 4.90 Å². The van der Waals surface area contributed by atoms with Crippen LogP contribution in [-0.2, 0) is 10.8 Å². The van der Waals surface area contributed by atoms with Gasteiger partial charge >= 0.3 is 0 Å². The van der Waals surface area contributed by atoms with Crippen molar-refractivity contribution in [2.45, 2.75) is 17.9 Å². The van der Waals surface area contributed by atoms with Crippen LogP contribution in [0, 0.1) is 10.1 Å². The number of para-hydroxylation sites is 1. The van der Waals surface area contributed by atoms with E-state index in [1.165, 1.54) is 12.1 Å². The molecular weight excluding hydrogens is 228 g/mol. The topological polar surface area (TPSA) is 72.2 Å². The number of nitro benzene ring substituents is 1. The van der Waals surface area contributed by atoms with Crippen molar-refractivity contribution in [3.63, 3.8) is 0 Å². The van der Waals surface area contributed by atoms with Gasteiger partial charge in [-0.1, -0.05) is 12.1 Å². The summed E-state index contributed by atoms with van der Waals surface area (Å²) in [6, 6.07) is 6.19. The molecule has 1 rings (SSSR count). The standard InChI is InChI=1S/C10H14N2O3S/c1-8(11-2)7-16(15)10-6-4-3-5-9(10)12(13)14/h3-6,8,11H,7H2,1-2H3. The molecule has 0 amide bonds. The first-order chi connectivity index (χ1) is 7.56. The normalized spacial score (nSPS) is 14.4. The first-order valence-electron chi connectivity index (χ1n) is 4.85. The van der Waals surface area contributed by atoms with Crippen molar-refractivity contribution >= 4 is 16.5 Å². The van der Waals surface area contributed by atoms with Gasteiger partial charge in [-0.25, -0.2) is 0 Å². The van der Waals surface area contributed by atoms with Gasteiger partial charge in [0, 0.05) is 17.9 Å². The van der Waals surface area contributed by atoms with E-state index in [-0.39, 0.29) is 16.6 Å². The maximum Gasteiger partial charge on any atom is 0.285 e. The zero-order chi connectivity index (χ0) is 12.1. The largest absolute Gasteiger partial charge is 0.316 e. The first kappa shape index (κ1) is 12.8. The highest BCUT2D eigenvalue weighted by molar-refractivity contribution is 7.85. The molecule has 0 saturated carbocycles. The Morgan fingerprint density at radius 2 is 2.12 bits per heavy atom. The van der Waals surface area contributed by atoms with Gasteiger partial charge in [-0.15, -0.1) is 0 Å². The second-order valence-corrected chi connectivity index (χ2v) is 4.89. The van der Waals surface area contributed by atoms with Crippen LogP contribution in [0.25, 0.3) is 0 Å². The van der Waals surface area contributed by atoms with E-state index >= 15 is 0 Å². The van der Waals surface area contributed by atoms with E-state index in [4.69, 9.17) is 0 Å². The van der Waals surface area contributed by atoms with Crippen molar-refractivity contribution in [2.75, 3.05) is 12.8 Å². The third-order valence-corrected chi connectivity index (χ3v) is 3.84. The molecule has 1 aromatic carbocycles. The van der Waals surface area contributed by atoms with Gasteiger partial charge in [0.05, 0.1) is 15.7 Å². The molecule has 0 aliphatic carbocycles. The molecule has 0 radical (unpaired) electrons. The van der Waals surface area contributed by atoms with Gasteiger partial charge in [0.2, 0.25) is 0 Å². The molecule has 0 spiro atoms. The summed E-state index contributed by atoms with van der Waals surface area (Å²) >= 11 is 0. The van der Waals surface area contributed by atoms with Crippen molar-refractivity contribution < 1.29 is 9.13 Å². The third kappa shape index (κ3) is 3.11. The number of nitrogens with zero attached hydrogens (tertiary/aromatic N) is 1. The minimum Gasteiger partial charge on any atom is -0.316 e. The number of rotatable bonds is 5. The van der Waals surface area contributed by atoms with Crippen molar-refractivity contribution in [3.05, 3.63) is 34.4 Å². The summed E-state index contributed by atoms with van der Waals surface area (Å²) in [6.07, 6.45) is 0. The molecule has 1 N–H and O–H groups in total. The Labute approximate surface area is 96.5 Å². The fraction of sp³-hybridized carbons (Fsp3) is 0.400. The van der Waals surface area contributed by atoms with E-state index in [0.717, 1.165) is 0 Å². The van der Waals surface area contributed by atoms with Gasteiger partial charge in [-0.05, 0) is 20.0 Å². The van der Waals surface area contributed by atoms with Crippen molar-refractivity contribution in [3.8, 4) is 0 Å². The predicted molar refractivity (Wildman–Crippen MR) is 62.9 cm³/mol. The lowest BCUT2D eigenvalue weighted by atomic mass is 10.3. The fourth-order valence-corrected chi connectivity index (χ4v) is 2.61. The van der Waals surface area contributed by atoms with E-state index in [0.29, 0.717) is 5.75 Å². The molecule has 88 valence electrons. The van der Waals surface area contributed by atoms with E-state index in [9.17, 15) is 14.3 Å². The molecule has 6 heteroatoms. The Morgan fingerprint density at radius 3 is 2.69 bits per heavy atom. The van der Waals surface area contributed by atoms with Crippen molar-refractivity contribution in [2.24, 2.45) is 0 Å². The molecule has 2 unspecified atom stereocenters. The Bertz CT molecular complexity index is 409. The number of nitro groups is 1. The van der Waals surface area contributed by atoms with Crippen LogP contribution in [0.2, 0.25) is 0 Å². The first-order valence-corrected chi connectivity index (χ1v) is 6.17. The van der Waals surface area contributed by atoms with E-state index in [1.807, 2.05) is 6.92 Å². The highest BCUT2D eigenvalue weighted by Crippen LogP contribution is 2.21. The van der Waals surface area contributed by atoms with Gasteiger partial charge in [-0.2, -0.15) is 0 Å². The van der Waals surface area contributed by atoms with Crippen LogP contribution in [0.15, 0.2) is 29.2 Å². The van der Waals surface area contributed by atoms with Gasteiger partial charge < -0.3 is 5.32 Å². The highest BCUT2D eigenvalue weighted by atomic mass is 32.2. The molecule has 0 bridgehead atoms. The summed E-state index contributed by atoms with van der Waals surface area (Å²) in [4.78, 5) is 10.5. The van der Waals surface area contributed by atoms with E-state index in [2.05, 4.69) is 5.32 Å². The summed E-state index contributed by atoms with van der Waals surface area (Å²) < 4.78 is 11.9. The summed E-state index contributed by atoms with van der Waals surface area (Å²) in [5, 5.41) is 13.7. The molecule has 0 aliphatic rings. The number of benzene rings is 1. The monoisotopic (exact) mass is 242 g/mol.